The first-order chi connectivity index (χ1) is 11.3. The second-order valence-corrected chi connectivity index (χ2v) is 6.92. The second kappa shape index (κ2) is 7.21. The molecular formula is C18H17N2O2P. The van der Waals surface area contributed by atoms with E-state index in [1.807, 2.05) is 42.7 Å². The molecule has 0 saturated heterocycles. The van der Waals surface area contributed by atoms with Gasteiger partial charge in [0, 0.05) is 35.4 Å². The minimum absolute atomic E-state index is 0.820. The van der Waals surface area contributed by atoms with E-state index >= 15 is 0 Å². The molecular weight excluding hydrogens is 307 g/mol. The molecule has 2 heterocycles. The number of ether oxygens (including phenoxy) is 2. The van der Waals surface area contributed by atoms with Crippen molar-refractivity contribution in [2.45, 2.75) is 0 Å². The van der Waals surface area contributed by atoms with E-state index in [2.05, 4.69) is 22.1 Å². The van der Waals surface area contributed by atoms with Crippen LogP contribution in [0.4, 0.5) is 0 Å². The molecule has 5 heteroatoms. The number of hydrogen-bond donors (Lipinski definition) is 0. The third-order valence-electron chi connectivity index (χ3n) is 3.46. The minimum atomic E-state index is -0.874. The molecule has 2 aromatic heterocycles. The van der Waals surface area contributed by atoms with Crippen molar-refractivity contribution in [3.8, 4) is 11.5 Å². The summed E-state index contributed by atoms with van der Waals surface area (Å²) in [5.41, 5.74) is 0. The van der Waals surface area contributed by atoms with Gasteiger partial charge in [0.2, 0.25) is 0 Å². The first-order valence-corrected chi connectivity index (χ1v) is 8.50. The number of benzene rings is 1. The highest BCUT2D eigenvalue weighted by Gasteiger charge is 2.23. The van der Waals surface area contributed by atoms with Crippen LogP contribution in [0.5, 0.6) is 11.5 Å². The van der Waals surface area contributed by atoms with Gasteiger partial charge < -0.3 is 9.47 Å². The average Bonchev–Trinajstić information content (AvgIpc) is 2.64. The summed E-state index contributed by atoms with van der Waals surface area (Å²) in [6.45, 7) is 0. The first kappa shape index (κ1) is 15.4. The molecule has 0 N–H and O–H groups in total. The normalized spacial score (nSPS) is 10.6. The van der Waals surface area contributed by atoms with Gasteiger partial charge in [0.1, 0.15) is 11.5 Å². The molecule has 0 aliphatic rings. The van der Waals surface area contributed by atoms with Crippen molar-refractivity contribution in [3.63, 3.8) is 0 Å². The molecule has 0 spiro atoms. The fraction of sp³-hybridized carbons (Fsp3) is 0.111. The fourth-order valence-electron chi connectivity index (χ4n) is 2.41. The van der Waals surface area contributed by atoms with Crippen LogP contribution in [0.1, 0.15) is 0 Å². The monoisotopic (exact) mass is 324 g/mol. The largest absolute Gasteiger partial charge is 0.496 e. The van der Waals surface area contributed by atoms with Crippen LogP contribution in [-0.2, 0) is 0 Å². The first-order valence-electron chi connectivity index (χ1n) is 7.16. The van der Waals surface area contributed by atoms with Gasteiger partial charge in [-0.15, -0.1) is 0 Å². The summed E-state index contributed by atoms with van der Waals surface area (Å²) in [4.78, 5) is 8.59. The van der Waals surface area contributed by atoms with Crippen molar-refractivity contribution in [2.75, 3.05) is 14.2 Å². The zero-order valence-corrected chi connectivity index (χ0v) is 13.9. The summed E-state index contributed by atoms with van der Waals surface area (Å²) in [6, 6.07) is 14.1. The number of rotatable bonds is 5. The molecule has 0 fully saturated rings. The molecule has 0 aliphatic carbocycles. The van der Waals surface area contributed by atoms with Gasteiger partial charge in [-0.3, -0.25) is 9.97 Å². The van der Waals surface area contributed by atoms with E-state index in [-0.39, 0.29) is 0 Å². The Hall–Kier alpha value is -2.45. The molecule has 4 nitrogen and oxygen atoms in total. The summed E-state index contributed by atoms with van der Waals surface area (Å²) in [6.07, 6.45) is 7.20. The Morgan fingerprint density at radius 3 is 1.74 bits per heavy atom. The Kier molecular flexibility index (Phi) is 4.84. The van der Waals surface area contributed by atoms with Crippen molar-refractivity contribution < 1.29 is 9.47 Å². The molecule has 0 bridgehead atoms. The maximum atomic E-state index is 5.56. The fourth-order valence-corrected chi connectivity index (χ4v) is 4.84. The van der Waals surface area contributed by atoms with Crippen LogP contribution < -0.4 is 25.4 Å². The van der Waals surface area contributed by atoms with Gasteiger partial charge in [0.15, 0.2) is 0 Å². The second-order valence-electron chi connectivity index (χ2n) is 4.77. The number of pyridine rings is 2. The summed E-state index contributed by atoms with van der Waals surface area (Å²) in [7, 11) is 2.48. The Bertz CT molecular complexity index is 733. The number of methoxy groups -OCH3 is 2. The summed E-state index contributed by atoms with van der Waals surface area (Å²) in [5, 5.41) is 3.28. The highest BCUT2D eigenvalue weighted by atomic mass is 31.1. The van der Waals surface area contributed by atoms with Crippen molar-refractivity contribution in [3.05, 3.63) is 67.3 Å². The van der Waals surface area contributed by atoms with Crippen LogP contribution in [0.15, 0.2) is 67.3 Å². The molecule has 0 atom stereocenters. The lowest BCUT2D eigenvalue weighted by molar-refractivity contribution is 0.417. The lowest BCUT2D eigenvalue weighted by atomic mass is 10.4. The number of hydrogen-bond acceptors (Lipinski definition) is 4. The minimum Gasteiger partial charge on any atom is -0.496 e. The van der Waals surface area contributed by atoms with E-state index in [0.29, 0.717) is 0 Å². The zero-order chi connectivity index (χ0) is 16.1. The lowest BCUT2D eigenvalue weighted by Gasteiger charge is -2.22. The number of nitrogens with zero attached hydrogens (tertiary/aromatic N) is 2. The molecule has 0 amide bonds. The molecule has 23 heavy (non-hydrogen) atoms. The smallest absolute Gasteiger partial charge is 0.130 e. The van der Waals surface area contributed by atoms with Gasteiger partial charge in [0.25, 0.3) is 0 Å². The van der Waals surface area contributed by atoms with E-state index in [0.717, 1.165) is 22.1 Å². The van der Waals surface area contributed by atoms with Crippen LogP contribution >= 0.6 is 7.92 Å². The van der Waals surface area contributed by atoms with Gasteiger partial charge in [-0.25, -0.2) is 0 Å². The van der Waals surface area contributed by atoms with Crippen LogP contribution in [0.25, 0.3) is 0 Å². The van der Waals surface area contributed by atoms with E-state index < -0.39 is 7.92 Å². The molecule has 3 rings (SSSR count). The van der Waals surface area contributed by atoms with Gasteiger partial charge in [0.05, 0.1) is 14.2 Å². The van der Waals surface area contributed by atoms with Crippen LogP contribution in [0.3, 0.4) is 0 Å². The van der Waals surface area contributed by atoms with Crippen molar-refractivity contribution in [2.24, 2.45) is 0 Å². The van der Waals surface area contributed by atoms with Crippen LogP contribution in [0.2, 0.25) is 0 Å². The molecule has 0 saturated carbocycles. The molecule has 0 aliphatic heterocycles. The van der Waals surface area contributed by atoms with E-state index in [4.69, 9.17) is 9.47 Å². The van der Waals surface area contributed by atoms with Gasteiger partial charge in [-0.05, 0) is 25.4 Å². The standard InChI is InChI=1S/C18H17N2O2P/c1-21-15-8-10-19-12-17(15)23(14-6-4-3-5-7-14)18-13-20-11-9-16(18)22-2/h3-13H,1-2H3. The van der Waals surface area contributed by atoms with Crippen molar-refractivity contribution in [1.82, 2.24) is 9.97 Å². The molecule has 3 aromatic rings. The van der Waals surface area contributed by atoms with E-state index in [1.54, 1.807) is 26.6 Å². The SMILES string of the molecule is COc1ccncc1P(c1ccccc1)c1cnccc1OC. The zero-order valence-electron chi connectivity index (χ0n) is 13.0. The van der Waals surface area contributed by atoms with E-state index in [1.165, 1.54) is 5.30 Å². The Labute approximate surface area is 136 Å². The highest BCUT2D eigenvalue weighted by Crippen LogP contribution is 2.38. The van der Waals surface area contributed by atoms with Crippen LogP contribution in [0, 0.1) is 0 Å². The molecule has 0 radical (unpaired) electrons. The van der Waals surface area contributed by atoms with Gasteiger partial charge >= 0.3 is 0 Å². The summed E-state index contributed by atoms with van der Waals surface area (Å²) < 4.78 is 11.1. The van der Waals surface area contributed by atoms with Gasteiger partial charge in [-0.2, -0.15) is 0 Å². The highest BCUT2D eigenvalue weighted by molar-refractivity contribution is 7.80. The van der Waals surface area contributed by atoms with E-state index in [9.17, 15) is 0 Å². The topological polar surface area (TPSA) is 44.2 Å². The maximum Gasteiger partial charge on any atom is 0.130 e. The van der Waals surface area contributed by atoms with Gasteiger partial charge in [-0.1, -0.05) is 30.3 Å². The van der Waals surface area contributed by atoms with Crippen molar-refractivity contribution in [1.29, 1.82) is 0 Å². The third-order valence-corrected chi connectivity index (χ3v) is 5.91. The van der Waals surface area contributed by atoms with Crippen LogP contribution in [-0.4, -0.2) is 24.2 Å². The molecule has 1 aromatic carbocycles. The lowest BCUT2D eigenvalue weighted by Crippen LogP contribution is -2.23. The predicted octanol–water partition coefficient (Wildman–Crippen LogP) is 2.25. The third kappa shape index (κ3) is 3.17. The summed E-state index contributed by atoms with van der Waals surface area (Å²) >= 11 is 0. The average molecular weight is 324 g/mol. The summed E-state index contributed by atoms with van der Waals surface area (Å²) in [5.74, 6) is 1.64. The number of aromatic nitrogens is 2. The molecule has 116 valence electrons. The van der Waals surface area contributed by atoms with Crippen molar-refractivity contribution >= 4 is 23.8 Å². The Morgan fingerprint density at radius 2 is 1.26 bits per heavy atom. The maximum absolute atomic E-state index is 5.56. The quantitative estimate of drug-likeness (QED) is 0.675. The molecule has 0 unspecified atom stereocenters. The Balaban J connectivity index is 2.23. The predicted molar refractivity (Wildman–Crippen MR) is 93.8 cm³/mol. The Morgan fingerprint density at radius 1 is 0.739 bits per heavy atom.